The molecule has 0 spiro atoms. The highest BCUT2D eigenvalue weighted by molar-refractivity contribution is 5.83. The highest BCUT2D eigenvalue weighted by Crippen LogP contribution is 2.30. The van der Waals surface area contributed by atoms with Gasteiger partial charge in [0.15, 0.2) is 11.6 Å². The van der Waals surface area contributed by atoms with Crippen molar-refractivity contribution in [1.29, 1.82) is 0 Å². The molecular formula is C10H9F3N2O2. The van der Waals surface area contributed by atoms with E-state index in [2.05, 4.69) is 0 Å². The SMILES string of the molecule is O=C(O)Nc1cc(F)c(N2CC(F)C2)c(F)c1. The molecule has 4 nitrogen and oxygen atoms in total. The van der Waals surface area contributed by atoms with Crippen LogP contribution in [-0.4, -0.2) is 30.5 Å². The number of hydrogen-bond acceptors (Lipinski definition) is 2. The number of carbonyl (C=O) groups is 1. The number of nitrogens with one attached hydrogen (secondary N) is 1. The molecule has 7 heteroatoms. The highest BCUT2D eigenvalue weighted by Gasteiger charge is 2.30. The Bertz CT molecular complexity index is 438. The van der Waals surface area contributed by atoms with Crippen LogP contribution in [0.3, 0.4) is 0 Å². The fourth-order valence-electron chi connectivity index (χ4n) is 1.67. The summed E-state index contributed by atoms with van der Waals surface area (Å²) in [6.07, 6.45) is -2.49. The minimum absolute atomic E-state index is 0.0560. The van der Waals surface area contributed by atoms with Crippen LogP contribution in [0.4, 0.5) is 29.3 Å². The Morgan fingerprint density at radius 3 is 2.29 bits per heavy atom. The topological polar surface area (TPSA) is 52.6 Å². The highest BCUT2D eigenvalue weighted by atomic mass is 19.1. The zero-order valence-corrected chi connectivity index (χ0v) is 8.58. The van der Waals surface area contributed by atoms with Gasteiger partial charge in [0.25, 0.3) is 0 Å². The van der Waals surface area contributed by atoms with Crippen molar-refractivity contribution in [3.05, 3.63) is 23.8 Å². The summed E-state index contributed by atoms with van der Waals surface area (Å²) >= 11 is 0. The van der Waals surface area contributed by atoms with Crippen molar-refractivity contribution in [3.63, 3.8) is 0 Å². The van der Waals surface area contributed by atoms with E-state index >= 15 is 0 Å². The number of rotatable bonds is 2. The maximum absolute atomic E-state index is 13.5. The van der Waals surface area contributed by atoms with Gasteiger partial charge in [-0.15, -0.1) is 0 Å². The summed E-state index contributed by atoms with van der Waals surface area (Å²) in [5, 5.41) is 10.2. The molecule has 0 aliphatic carbocycles. The summed E-state index contributed by atoms with van der Waals surface area (Å²) < 4.78 is 39.6. The molecule has 1 fully saturated rings. The minimum atomic E-state index is -1.41. The van der Waals surface area contributed by atoms with Crippen molar-refractivity contribution in [1.82, 2.24) is 0 Å². The average Bonchev–Trinajstić information content (AvgIpc) is 2.12. The quantitative estimate of drug-likeness (QED) is 0.841. The fourth-order valence-corrected chi connectivity index (χ4v) is 1.67. The number of benzene rings is 1. The third-order valence-electron chi connectivity index (χ3n) is 2.42. The second-order valence-electron chi connectivity index (χ2n) is 3.72. The molecule has 0 aromatic heterocycles. The molecule has 0 radical (unpaired) electrons. The van der Waals surface area contributed by atoms with E-state index in [1.807, 2.05) is 5.32 Å². The van der Waals surface area contributed by atoms with Gasteiger partial charge < -0.3 is 10.0 Å². The summed E-state index contributed by atoms with van der Waals surface area (Å²) in [5.74, 6) is -1.83. The molecule has 1 aliphatic heterocycles. The largest absolute Gasteiger partial charge is 0.465 e. The maximum Gasteiger partial charge on any atom is 0.409 e. The molecule has 17 heavy (non-hydrogen) atoms. The normalized spacial score (nSPS) is 15.6. The van der Waals surface area contributed by atoms with Gasteiger partial charge in [-0.2, -0.15) is 0 Å². The predicted molar refractivity (Wildman–Crippen MR) is 55.1 cm³/mol. The maximum atomic E-state index is 13.5. The van der Waals surface area contributed by atoms with Crippen molar-refractivity contribution >= 4 is 17.5 Å². The molecular weight excluding hydrogens is 237 g/mol. The van der Waals surface area contributed by atoms with Gasteiger partial charge in [0.1, 0.15) is 11.9 Å². The van der Waals surface area contributed by atoms with Crippen molar-refractivity contribution in [2.75, 3.05) is 23.3 Å². The Hall–Kier alpha value is -1.92. The van der Waals surface area contributed by atoms with E-state index in [-0.39, 0.29) is 24.5 Å². The number of carboxylic acid groups (broad SMARTS) is 1. The Balaban J connectivity index is 2.26. The van der Waals surface area contributed by atoms with Crippen LogP contribution in [0.2, 0.25) is 0 Å². The molecule has 1 aromatic carbocycles. The molecule has 0 unspecified atom stereocenters. The van der Waals surface area contributed by atoms with Gasteiger partial charge in [-0.3, -0.25) is 5.32 Å². The number of halogens is 3. The molecule has 1 aromatic rings. The van der Waals surface area contributed by atoms with Crippen molar-refractivity contribution < 1.29 is 23.1 Å². The van der Waals surface area contributed by atoms with Crippen LogP contribution < -0.4 is 10.2 Å². The number of hydrogen-bond donors (Lipinski definition) is 2. The van der Waals surface area contributed by atoms with Crippen LogP contribution in [-0.2, 0) is 0 Å². The Morgan fingerprint density at radius 2 is 1.88 bits per heavy atom. The molecule has 0 bridgehead atoms. The smallest absolute Gasteiger partial charge is 0.409 e. The second kappa shape index (κ2) is 4.15. The molecule has 2 N–H and O–H groups in total. The van der Waals surface area contributed by atoms with Gasteiger partial charge >= 0.3 is 6.09 Å². The van der Waals surface area contributed by atoms with Gasteiger partial charge in [-0.05, 0) is 12.1 Å². The summed E-state index contributed by atoms with van der Waals surface area (Å²) in [7, 11) is 0. The Labute approximate surface area is 94.6 Å². The Morgan fingerprint density at radius 1 is 1.35 bits per heavy atom. The summed E-state index contributed by atoms with van der Waals surface area (Å²) in [4.78, 5) is 11.5. The first-order valence-corrected chi connectivity index (χ1v) is 4.85. The van der Waals surface area contributed by atoms with Gasteiger partial charge in [0.05, 0.1) is 13.1 Å². The first-order chi connectivity index (χ1) is 7.97. The number of nitrogens with zero attached hydrogens (tertiary/aromatic N) is 1. The zero-order valence-electron chi connectivity index (χ0n) is 8.58. The second-order valence-corrected chi connectivity index (χ2v) is 3.72. The van der Waals surface area contributed by atoms with Crippen LogP contribution in [0, 0.1) is 11.6 Å². The molecule has 92 valence electrons. The monoisotopic (exact) mass is 246 g/mol. The van der Waals surface area contributed by atoms with Crippen LogP contribution in [0.1, 0.15) is 0 Å². The summed E-state index contributed by atoms with van der Waals surface area (Å²) in [6, 6.07) is 1.72. The lowest BCUT2D eigenvalue weighted by Gasteiger charge is -2.36. The third-order valence-corrected chi connectivity index (χ3v) is 2.42. The van der Waals surface area contributed by atoms with Gasteiger partial charge in [0, 0.05) is 5.69 Å². The van der Waals surface area contributed by atoms with E-state index in [9.17, 15) is 18.0 Å². The van der Waals surface area contributed by atoms with E-state index in [0.717, 1.165) is 12.1 Å². The van der Waals surface area contributed by atoms with Crippen molar-refractivity contribution in [2.45, 2.75) is 6.17 Å². The fraction of sp³-hybridized carbons (Fsp3) is 0.300. The molecule has 2 rings (SSSR count). The van der Waals surface area contributed by atoms with Crippen LogP contribution in [0.25, 0.3) is 0 Å². The minimum Gasteiger partial charge on any atom is -0.465 e. The summed E-state index contributed by atoms with van der Waals surface area (Å²) in [6.45, 7) is -0.112. The number of amides is 1. The zero-order chi connectivity index (χ0) is 12.6. The van der Waals surface area contributed by atoms with E-state index in [1.165, 1.54) is 4.90 Å². The Kier molecular flexibility index (Phi) is 2.83. The van der Waals surface area contributed by atoms with Crippen molar-refractivity contribution in [3.8, 4) is 0 Å². The standard InChI is InChI=1S/C10H9F3N2O2/c11-5-3-15(4-5)9-7(12)1-6(2-8(9)13)14-10(16)17/h1-2,5,14H,3-4H2,(H,16,17). The van der Waals surface area contributed by atoms with Crippen LogP contribution >= 0.6 is 0 Å². The number of anilines is 2. The van der Waals surface area contributed by atoms with Gasteiger partial charge in [0.2, 0.25) is 0 Å². The predicted octanol–water partition coefficient (Wildman–Crippen LogP) is 2.21. The van der Waals surface area contributed by atoms with Crippen LogP contribution in [0.5, 0.6) is 0 Å². The lowest BCUT2D eigenvalue weighted by molar-refractivity contribution is 0.209. The third kappa shape index (κ3) is 2.27. The molecule has 0 saturated carbocycles. The van der Waals surface area contributed by atoms with Gasteiger partial charge in [-0.1, -0.05) is 0 Å². The van der Waals surface area contributed by atoms with E-state index in [4.69, 9.17) is 5.11 Å². The van der Waals surface area contributed by atoms with E-state index < -0.39 is 23.9 Å². The van der Waals surface area contributed by atoms with E-state index in [0.29, 0.717) is 0 Å². The molecule has 1 saturated heterocycles. The molecule has 1 heterocycles. The lowest BCUT2D eigenvalue weighted by atomic mass is 10.1. The first kappa shape index (κ1) is 11.6. The summed E-state index contributed by atoms with van der Waals surface area (Å²) in [5.41, 5.74) is -0.525. The van der Waals surface area contributed by atoms with Crippen LogP contribution in [0.15, 0.2) is 12.1 Å². The average molecular weight is 246 g/mol. The van der Waals surface area contributed by atoms with Crippen molar-refractivity contribution in [2.24, 2.45) is 0 Å². The lowest BCUT2D eigenvalue weighted by Crippen LogP contribution is -2.49. The number of alkyl halides is 1. The molecule has 1 aliphatic rings. The van der Waals surface area contributed by atoms with E-state index in [1.54, 1.807) is 0 Å². The van der Waals surface area contributed by atoms with Gasteiger partial charge in [-0.25, -0.2) is 18.0 Å². The molecule has 1 amide bonds. The molecule has 0 atom stereocenters. The first-order valence-electron chi connectivity index (χ1n) is 4.85.